The summed E-state index contributed by atoms with van der Waals surface area (Å²) in [5.74, 6) is 1.23. The SMILES string of the molecule is S=C1Nc2ccc(Cl)cc2C(C2CC2)(C2CC2)O1. The maximum Gasteiger partial charge on any atom is 0.262 e. The Balaban J connectivity index is 1.92. The number of thiocarbonyl (C=S) groups is 1. The lowest BCUT2D eigenvalue weighted by Crippen LogP contribution is -2.43. The fourth-order valence-electron chi connectivity index (χ4n) is 3.26. The second-order valence-corrected chi connectivity index (χ2v) is 6.35. The first-order valence-electron chi connectivity index (χ1n) is 6.50. The highest BCUT2D eigenvalue weighted by Crippen LogP contribution is 2.62. The van der Waals surface area contributed by atoms with Crippen LogP contribution in [0.15, 0.2) is 18.2 Å². The summed E-state index contributed by atoms with van der Waals surface area (Å²) < 4.78 is 6.16. The lowest BCUT2D eigenvalue weighted by molar-refractivity contribution is 0.00516. The van der Waals surface area contributed by atoms with E-state index in [4.69, 9.17) is 28.6 Å². The highest BCUT2D eigenvalue weighted by Gasteiger charge is 2.60. The molecule has 0 amide bonds. The summed E-state index contributed by atoms with van der Waals surface area (Å²) in [6.07, 6.45) is 4.96. The Labute approximate surface area is 117 Å². The Morgan fingerprint density at radius 3 is 2.50 bits per heavy atom. The van der Waals surface area contributed by atoms with Crippen LogP contribution in [-0.4, -0.2) is 5.17 Å². The largest absolute Gasteiger partial charge is 0.459 e. The minimum Gasteiger partial charge on any atom is -0.459 e. The van der Waals surface area contributed by atoms with E-state index in [9.17, 15) is 0 Å². The number of benzene rings is 1. The zero-order chi connectivity index (χ0) is 12.3. The third kappa shape index (κ3) is 1.50. The summed E-state index contributed by atoms with van der Waals surface area (Å²) in [7, 11) is 0. The van der Waals surface area contributed by atoms with Gasteiger partial charge in [-0.25, -0.2) is 0 Å². The van der Waals surface area contributed by atoms with Gasteiger partial charge in [-0.2, -0.15) is 0 Å². The summed E-state index contributed by atoms with van der Waals surface area (Å²) >= 11 is 11.5. The van der Waals surface area contributed by atoms with Crippen molar-refractivity contribution >= 4 is 34.7 Å². The minimum atomic E-state index is -0.192. The molecule has 1 aromatic carbocycles. The first-order chi connectivity index (χ1) is 8.70. The highest BCUT2D eigenvalue weighted by atomic mass is 35.5. The molecule has 0 unspecified atom stereocenters. The summed E-state index contributed by atoms with van der Waals surface area (Å²) in [5, 5.41) is 4.45. The van der Waals surface area contributed by atoms with Crippen LogP contribution in [0.2, 0.25) is 5.02 Å². The molecule has 3 aliphatic rings. The molecule has 4 rings (SSSR count). The zero-order valence-electron chi connectivity index (χ0n) is 9.91. The van der Waals surface area contributed by atoms with Crippen LogP contribution in [0.4, 0.5) is 5.69 Å². The van der Waals surface area contributed by atoms with Crippen molar-refractivity contribution < 1.29 is 4.74 Å². The van der Waals surface area contributed by atoms with Crippen molar-refractivity contribution in [2.24, 2.45) is 11.8 Å². The summed E-state index contributed by atoms with van der Waals surface area (Å²) in [5.41, 5.74) is 2.10. The quantitative estimate of drug-likeness (QED) is 0.824. The van der Waals surface area contributed by atoms with Crippen molar-refractivity contribution in [2.75, 3.05) is 5.32 Å². The van der Waals surface area contributed by atoms with Crippen molar-refractivity contribution in [3.05, 3.63) is 28.8 Å². The molecule has 1 heterocycles. The number of hydrogen-bond donors (Lipinski definition) is 1. The molecule has 1 aliphatic heterocycles. The van der Waals surface area contributed by atoms with E-state index >= 15 is 0 Å². The van der Waals surface area contributed by atoms with Crippen LogP contribution in [0.3, 0.4) is 0 Å². The predicted octanol–water partition coefficient (Wildman–Crippen LogP) is 4.08. The van der Waals surface area contributed by atoms with Crippen LogP contribution >= 0.6 is 23.8 Å². The molecule has 0 aromatic heterocycles. The number of rotatable bonds is 2. The van der Waals surface area contributed by atoms with Gasteiger partial charge in [0.05, 0.1) is 0 Å². The van der Waals surface area contributed by atoms with Gasteiger partial charge in [-0.15, -0.1) is 0 Å². The number of nitrogens with one attached hydrogen (secondary N) is 1. The molecule has 0 spiro atoms. The van der Waals surface area contributed by atoms with E-state index in [0.29, 0.717) is 17.0 Å². The third-order valence-electron chi connectivity index (χ3n) is 4.27. The van der Waals surface area contributed by atoms with E-state index in [2.05, 4.69) is 11.4 Å². The smallest absolute Gasteiger partial charge is 0.262 e. The first-order valence-corrected chi connectivity index (χ1v) is 7.29. The van der Waals surface area contributed by atoms with Gasteiger partial charge in [-0.3, -0.25) is 0 Å². The van der Waals surface area contributed by atoms with E-state index in [1.54, 1.807) is 0 Å². The van der Waals surface area contributed by atoms with Gasteiger partial charge in [0.2, 0.25) is 0 Å². The van der Waals surface area contributed by atoms with Gasteiger partial charge >= 0.3 is 0 Å². The van der Waals surface area contributed by atoms with Crippen molar-refractivity contribution in [1.29, 1.82) is 0 Å². The third-order valence-corrected chi connectivity index (χ3v) is 4.69. The van der Waals surface area contributed by atoms with Crippen molar-refractivity contribution in [3.8, 4) is 0 Å². The van der Waals surface area contributed by atoms with Crippen LogP contribution in [0, 0.1) is 11.8 Å². The van der Waals surface area contributed by atoms with Gasteiger partial charge in [0.1, 0.15) is 5.60 Å². The van der Waals surface area contributed by atoms with Gasteiger partial charge in [0.25, 0.3) is 5.17 Å². The first kappa shape index (κ1) is 11.1. The van der Waals surface area contributed by atoms with Gasteiger partial charge in [-0.1, -0.05) is 11.6 Å². The van der Waals surface area contributed by atoms with Crippen LogP contribution in [0.1, 0.15) is 31.2 Å². The Morgan fingerprint density at radius 2 is 1.89 bits per heavy atom. The summed E-state index contributed by atoms with van der Waals surface area (Å²) in [6, 6.07) is 5.99. The average Bonchev–Trinajstić information content (AvgIpc) is 3.19. The molecule has 2 aliphatic carbocycles. The molecule has 18 heavy (non-hydrogen) atoms. The number of hydrogen-bond acceptors (Lipinski definition) is 2. The molecule has 4 heteroatoms. The van der Waals surface area contributed by atoms with Crippen molar-refractivity contribution in [1.82, 2.24) is 0 Å². The molecule has 2 fully saturated rings. The van der Waals surface area contributed by atoms with E-state index in [1.807, 2.05) is 12.1 Å². The fourth-order valence-corrected chi connectivity index (χ4v) is 3.68. The molecule has 2 nitrogen and oxygen atoms in total. The van der Waals surface area contributed by atoms with Crippen LogP contribution < -0.4 is 5.32 Å². The number of anilines is 1. The average molecular weight is 280 g/mol. The van der Waals surface area contributed by atoms with E-state index in [1.165, 1.54) is 31.2 Å². The number of halogens is 1. The van der Waals surface area contributed by atoms with E-state index in [-0.39, 0.29) is 5.60 Å². The van der Waals surface area contributed by atoms with Crippen molar-refractivity contribution in [2.45, 2.75) is 31.3 Å². The Bertz CT molecular complexity index is 525. The summed E-state index contributed by atoms with van der Waals surface area (Å²) in [6.45, 7) is 0. The minimum absolute atomic E-state index is 0.192. The number of fused-ring (bicyclic) bond motifs is 1. The molecule has 0 atom stereocenters. The maximum absolute atomic E-state index is 6.17. The molecule has 94 valence electrons. The molecule has 2 saturated carbocycles. The van der Waals surface area contributed by atoms with E-state index in [0.717, 1.165) is 10.7 Å². The number of ether oxygens (including phenoxy) is 1. The van der Waals surface area contributed by atoms with Gasteiger partial charge in [0.15, 0.2) is 0 Å². The molecule has 0 saturated heterocycles. The Hall–Kier alpha value is -0.800. The van der Waals surface area contributed by atoms with Gasteiger partial charge < -0.3 is 10.1 Å². The van der Waals surface area contributed by atoms with Crippen LogP contribution in [0.5, 0.6) is 0 Å². The fraction of sp³-hybridized carbons (Fsp3) is 0.500. The molecule has 0 bridgehead atoms. The molecule has 0 radical (unpaired) electrons. The lowest BCUT2D eigenvalue weighted by Gasteiger charge is -2.41. The second kappa shape index (κ2) is 3.61. The maximum atomic E-state index is 6.17. The van der Waals surface area contributed by atoms with Crippen LogP contribution in [0.25, 0.3) is 0 Å². The summed E-state index contributed by atoms with van der Waals surface area (Å²) in [4.78, 5) is 0. The van der Waals surface area contributed by atoms with Crippen LogP contribution in [-0.2, 0) is 10.3 Å². The Morgan fingerprint density at radius 1 is 1.22 bits per heavy atom. The van der Waals surface area contributed by atoms with Gasteiger partial charge in [0, 0.05) is 28.1 Å². The second-order valence-electron chi connectivity index (χ2n) is 5.55. The van der Waals surface area contributed by atoms with E-state index < -0.39 is 0 Å². The predicted molar refractivity (Wildman–Crippen MR) is 75.9 cm³/mol. The normalized spacial score (nSPS) is 25.1. The lowest BCUT2D eigenvalue weighted by atomic mass is 9.82. The molecular formula is C14H14ClNOS. The zero-order valence-corrected chi connectivity index (χ0v) is 11.5. The van der Waals surface area contributed by atoms with Crippen molar-refractivity contribution in [3.63, 3.8) is 0 Å². The highest BCUT2D eigenvalue weighted by molar-refractivity contribution is 7.80. The molecular weight excluding hydrogens is 266 g/mol. The Kier molecular flexibility index (Phi) is 2.22. The monoisotopic (exact) mass is 279 g/mol. The molecule has 1 N–H and O–H groups in total. The van der Waals surface area contributed by atoms with Gasteiger partial charge in [-0.05, 0) is 56.1 Å². The molecule has 1 aromatic rings. The standard InChI is InChI=1S/C14H14ClNOS/c15-10-5-6-12-11(7-10)14(8-1-2-8,9-3-4-9)17-13(18)16-12/h5-9H,1-4H2,(H,16,18). The topological polar surface area (TPSA) is 21.3 Å².